The van der Waals surface area contributed by atoms with Crippen LogP contribution in [-0.2, 0) is 7.05 Å². The topological polar surface area (TPSA) is 97.9 Å². The Morgan fingerprint density at radius 3 is 2.70 bits per heavy atom. The second-order valence-corrected chi connectivity index (χ2v) is 8.10. The Morgan fingerprint density at radius 2 is 1.93 bits per heavy atom. The lowest BCUT2D eigenvalue weighted by Gasteiger charge is -2.25. The van der Waals surface area contributed by atoms with Crippen LogP contribution in [0.5, 0.6) is 5.75 Å². The van der Waals surface area contributed by atoms with Crippen molar-refractivity contribution in [1.82, 2.24) is 29.6 Å². The smallest absolute Gasteiger partial charge is 0.261 e. The highest BCUT2D eigenvalue weighted by molar-refractivity contribution is 5.91. The Labute approximate surface area is 173 Å². The van der Waals surface area contributed by atoms with Crippen molar-refractivity contribution in [2.24, 2.45) is 7.05 Å². The molecule has 0 radical (unpaired) electrons. The number of phenolic OH excluding ortho intramolecular Hbond substituents is 1. The Balaban J connectivity index is 1.67. The second-order valence-electron chi connectivity index (χ2n) is 8.10. The summed E-state index contributed by atoms with van der Waals surface area (Å²) in [5.74, 6) is 0.511. The molecule has 1 aromatic carbocycles. The average Bonchev–Trinajstić information content (AvgIpc) is 3.14. The standard InChI is InChI=1S/C22H24N6O2/c1-12-10-28(15-4-6-23-7-5-15)22(30)17-9-24-21(25-18(12)17)16-8-14-11-27(3)26-19(14)13(2)20(16)29/h8-11,15,23,29H,4-7H2,1-3H3. The molecule has 2 N–H and O–H groups in total. The van der Waals surface area contributed by atoms with E-state index in [2.05, 4.69) is 20.4 Å². The number of hydrogen-bond donors (Lipinski definition) is 2. The summed E-state index contributed by atoms with van der Waals surface area (Å²) in [7, 11) is 1.85. The van der Waals surface area contributed by atoms with Crippen LogP contribution >= 0.6 is 0 Å². The molecule has 154 valence electrons. The first-order valence-corrected chi connectivity index (χ1v) is 10.2. The normalized spacial score (nSPS) is 15.3. The van der Waals surface area contributed by atoms with Gasteiger partial charge < -0.3 is 15.0 Å². The molecule has 1 aliphatic heterocycles. The van der Waals surface area contributed by atoms with Gasteiger partial charge in [-0.2, -0.15) is 5.10 Å². The predicted octanol–water partition coefficient (Wildman–Crippen LogP) is 2.59. The molecular formula is C22H24N6O2. The molecule has 30 heavy (non-hydrogen) atoms. The van der Waals surface area contributed by atoms with Crippen molar-refractivity contribution in [1.29, 1.82) is 0 Å². The fraction of sp³-hybridized carbons (Fsp3) is 0.364. The molecule has 4 aromatic rings. The van der Waals surface area contributed by atoms with Crippen LogP contribution in [0.4, 0.5) is 0 Å². The van der Waals surface area contributed by atoms with E-state index in [9.17, 15) is 9.90 Å². The van der Waals surface area contributed by atoms with Crippen molar-refractivity contribution in [3.63, 3.8) is 0 Å². The van der Waals surface area contributed by atoms with Crippen molar-refractivity contribution in [3.05, 3.63) is 46.1 Å². The third kappa shape index (κ3) is 2.87. The van der Waals surface area contributed by atoms with Gasteiger partial charge in [-0.1, -0.05) is 0 Å². The highest BCUT2D eigenvalue weighted by atomic mass is 16.3. The number of hydrogen-bond acceptors (Lipinski definition) is 6. The summed E-state index contributed by atoms with van der Waals surface area (Å²) in [6.07, 6.45) is 7.26. The highest BCUT2D eigenvalue weighted by Crippen LogP contribution is 2.35. The first-order valence-electron chi connectivity index (χ1n) is 10.2. The van der Waals surface area contributed by atoms with Gasteiger partial charge in [-0.25, -0.2) is 9.97 Å². The zero-order chi connectivity index (χ0) is 21.0. The van der Waals surface area contributed by atoms with E-state index in [1.54, 1.807) is 10.9 Å². The number of aromatic nitrogens is 5. The predicted molar refractivity (Wildman–Crippen MR) is 116 cm³/mol. The number of aromatic hydroxyl groups is 1. The Bertz CT molecular complexity index is 1350. The number of nitrogens with zero attached hydrogens (tertiary/aromatic N) is 5. The van der Waals surface area contributed by atoms with Gasteiger partial charge in [0.25, 0.3) is 5.56 Å². The van der Waals surface area contributed by atoms with Crippen LogP contribution in [-0.4, -0.2) is 42.5 Å². The van der Waals surface area contributed by atoms with E-state index in [1.807, 2.05) is 43.9 Å². The van der Waals surface area contributed by atoms with Crippen LogP contribution in [0.3, 0.4) is 0 Å². The molecule has 0 amide bonds. The van der Waals surface area contributed by atoms with Crippen molar-refractivity contribution in [2.45, 2.75) is 32.7 Å². The Hall–Kier alpha value is -3.26. The summed E-state index contributed by atoms with van der Waals surface area (Å²) in [4.78, 5) is 22.3. The van der Waals surface area contributed by atoms with Gasteiger partial charge >= 0.3 is 0 Å². The van der Waals surface area contributed by atoms with Gasteiger partial charge in [0.15, 0.2) is 5.82 Å². The Kier molecular flexibility index (Phi) is 4.32. The maximum absolute atomic E-state index is 13.1. The first-order chi connectivity index (χ1) is 14.4. The SMILES string of the molecule is Cc1c(O)c(-c2ncc3c(=O)n(C4CCNCC4)cc(C)c3n2)cc2cn(C)nc12. The molecule has 0 unspecified atom stereocenters. The molecule has 0 spiro atoms. The van der Waals surface area contributed by atoms with E-state index >= 15 is 0 Å². The number of pyridine rings is 1. The van der Waals surface area contributed by atoms with Gasteiger partial charge in [-0.15, -0.1) is 0 Å². The molecule has 0 saturated carbocycles. The minimum absolute atomic E-state index is 0.0582. The molecule has 0 bridgehead atoms. The van der Waals surface area contributed by atoms with Gasteiger partial charge in [-0.3, -0.25) is 9.48 Å². The number of benzene rings is 1. The average molecular weight is 404 g/mol. The number of piperidine rings is 1. The molecule has 4 heterocycles. The van der Waals surface area contributed by atoms with Gasteiger partial charge in [-0.05, 0) is 51.4 Å². The first kappa shape index (κ1) is 18.7. The van der Waals surface area contributed by atoms with E-state index in [0.717, 1.165) is 42.4 Å². The van der Waals surface area contributed by atoms with Crippen molar-refractivity contribution < 1.29 is 5.11 Å². The van der Waals surface area contributed by atoms with Crippen LogP contribution < -0.4 is 10.9 Å². The van der Waals surface area contributed by atoms with E-state index in [-0.39, 0.29) is 17.4 Å². The van der Waals surface area contributed by atoms with Gasteiger partial charge in [0, 0.05) is 42.6 Å². The Morgan fingerprint density at radius 1 is 1.17 bits per heavy atom. The number of nitrogens with one attached hydrogen (secondary N) is 1. The van der Waals surface area contributed by atoms with Crippen LogP contribution in [0.1, 0.15) is 30.0 Å². The third-order valence-electron chi connectivity index (χ3n) is 6.03. The maximum Gasteiger partial charge on any atom is 0.261 e. The van der Waals surface area contributed by atoms with Crippen LogP contribution in [0.25, 0.3) is 33.2 Å². The molecular weight excluding hydrogens is 380 g/mol. The molecule has 1 fully saturated rings. The number of fused-ring (bicyclic) bond motifs is 2. The zero-order valence-electron chi connectivity index (χ0n) is 17.3. The van der Waals surface area contributed by atoms with E-state index < -0.39 is 0 Å². The number of phenols is 1. The fourth-order valence-electron chi connectivity index (χ4n) is 4.40. The lowest BCUT2D eigenvalue weighted by Crippen LogP contribution is -2.34. The quantitative estimate of drug-likeness (QED) is 0.533. The summed E-state index contributed by atoms with van der Waals surface area (Å²) in [6.45, 7) is 5.63. The monoisotopic (exact) mass is 404 g/mol. The van der Waals surface area contributed by atoms with Gasteiger partial charge in [0.05, 0.1) is 22.0 Å². The summed E-state index contributed by atoms with van der Waals surface area (Å²) in [5.41, 5.74) is 3.46. The molecule has 8 nitrogen and oxygen atoms in total. The van der Waals surface area contributed by atoms with E-state index in [1.165, 1.54) is 0 Å². The largest absolute Gasteiger partial charge is 0.507 e. The number of rotatable bonds is 2. The fourth-order valence-corrected chi connectivity index (χ4v) is 4.40. The minimum Gasteiger partial charge on any atom is -0.507 e. The number of aryl methyl sites for hydroxylation is 3. The van der Waals surface area contributed by atoms with E-state index in [4.69, 9.17) is 0 Å². The molecule has 5 rings (SSSR count). The summed E-state index contributed by atoms with van der Waals surface area (Å²) in [6, 6.07) is 2.04. The molecule has 0 aliphatic carbocycles. The van der Waals surface area contributed by atoms with Gasteiger partial charge in [0.2, 0.25) is 0 Å². The maximum atomic E-state index is 13.1. The molecule has 3 aromatic heterocycles. The van der Waals surface area contributed by atoms with E-state index in [0.29, 0.717) is 27.9 Å². The molecule has 1 aliphatic rings. The van der Waals surface area contributed by atoms with Gasteiger partial charge in [0.1, 0.15) is 5.75 Å². The summed E-state index contributed by atoms with van der Waals surface area (Å²) >= 11 is 0. The highest BCUT2D eigenvalue weighted by Gasteiger charge is 2.20. The van der Waals surface area contributed by atoms with Crippen molar-refractivity contribution in [2.75, 3.05) is 13.1 Å². The molecule has 8 heteroatoms. The summed E-state index contributed by atoms with van der Waals surface area (Å²) < 4.78 is 3.56. The lowest BCUT2D eigenvalue weighted by molar-refractivity contribution is 0.361. The molecule has 1 saturated heterocycles. The lowest BCUT2D eigenvalue weighted by atomic mass is 10.0. The van der Waals surface area contributed by atoms with Crippen LogP contribution in [0, 0.1) is 13.8 Å². The molecule has 0 atom stereocenters. The second kappa shape index (κ2) is 6.91. The minimum atomic E-state index is -0.0582. The summed E-state index contributed by atoms with van der Waals surface area (Å²) in [5, 5.41) is 19.9. The van der Waals surface area contributed by atoms with Crippen LogP contribution in [0.2, 0.25) is 0 Å². The zero-order valence-corrected chi connectivity index (χ0v) is 17.3. The van der Waals surface area contributed by atoms with Crippen molar-refractivity contribution in [3.8, 4) is 17.1 Å². The van der Waals surface area contributed by atoms with Crippen molar-refractivity contribution >= 4 is 21.8 Å². The third-order valence-corrected chi connectivity index (χ3v) is 6.03. The van der Waals surface area contributed by atoms with Crippen LogP contribution in [0.15, 0.2) is 29.5 Å².